The Balaban J connectivity index is 2.87. The molecule has 61 heavy (non-hydrogen) atoms. The van der Waals surface area contributed by atoms with Gasteiger partial charge in [0.2, 0.25) is 0 Å². The number of carbonyl (C=O) groups is 2. The summed E-state index contributed by atoms with van der Waals surface area (Å²) in [6, 6.07) is 0.682. The minimum absolute atomic E-state index is 0.0342. The molecule has 1 rings (SSSR count). The number of rotatable bonds is 47. The topological polar surface area (TPSA) is 79.3 Å². The van der Waals surface area contributed by atoms with E-state index in [0.717, 1.165) is 71.1 Å². The normalized spacial score (nSPS) is 13.4. The van der Waals surface area contributed by atoms with Crippen LogP contribution in [-0.2, 0) is 19.1 Å². The molecule has 0 aliphatic heterocycles. The Labute approximate surface area is 380 Å². The van der Waals surface area contributed by atoms with Crippen molar-refractivity contribution in [3.05, 3.63) is 0 Å². The third-order valence-electron chi connectivity index (χ3n) is 13.9. The first-order valence-electron chi connectivity index (χ1n) is 27.2. The fourth-order valence-corrected chi connectivity index (χ4v) is 9.33. The predicted octanol–water partition coefficient (Wildman–Crippen LogP) is 14.7. The standard InChI is InChI=1S/C54H106N2O5/c1-6-10-14-18-22-26-33-49(34-27-23-19-15-11-7-2)45-53(58)60-47-51(37-30-31-40-56(52-38-32-39-52)42-41-55(5)43-44-57)48-61-54(59)46-50(35-28-24-20-16-12-8-3)36-29-25-21-17-13-9-4/h49-52,57H,6-48H2,1-5H3. The number of aliphatic hydroxyl groups is 1. The SMILES string of the molecule is CCCCCCCCC(CCCCCCCC)CC(=O)OCC(CCCCN(CCN(C)CCO)C1CCC1)COC(=O)CC(CCCCCCCC)CCCCCCCC. The smallest absolute Gasteiger partial charge is 0.306 e. The molecular formula is C54H106N2O5. The van der Waals surface area contributed by atoms with Gasteiger partial charge < -0.3 is 19.5 Å². The monoisotopic (exact) mass is 863 g/mol. The van der Waals surface area contributed by atoms with E-state index in [0.29, 0.717) is 43.9 Å². The van der Waals surface area contributed by atoms with E-state index in [4.69, 9.17) is 9.47 Å². The first kappa shape index (κ1) is 57.8. The molecule has 1 aliphatic rings. The molecule has 0 amide bonds. The third kappa shape index (κ3) is 34.8. The number of carbonyl (C=O) groups excluding carboxylic acids is 2. The van der Waals surface area contributed by atoms with E-state index in [1.54, 1.807) is 0 Å². The third-order valence-corrected chi connectivity index (χ3v) is 13.9. The first-order valence-corrected chi connectivity index (χ1v) is 27.2. The summed E-state index contributed by atoms with van der Waals surface area (Å²) < 4.78 is 12.2. The second-order valence-electron chi connectivity index (χ2n) is 19.7. The van der Waals surface area contributed by atoms with Gasteiger partial charge >= 0.3 is 11.9 Å². The Kier molecular flexibility index (Phi) is 40.5. The van der Waals surface area contributed by atoms with Gasteiger partial charge in [-0.25, -0.2) is 0 Å². The number of ether oxygens (including phenoxy) is 2. The molecule has 0 aromatic heterocycles. The summed E-state index contributed by atoms with van der Waals surface area (Å²) >= 11 is 0. The van der Waals surface area contributed by atoms with Crippen LogP contribution < -0.4 is 0 Å². The Morgan fingerprint density at radius 3 is 1.20 bits per heavy atom. The van der Waals surface area contributed by atoms with Gasteiger partial charge in [-0.2, -0.15) is 0 Å². The molecule has 0 aromatic rings. The van der Waals surface area contributed by atoms with Crippen LogP contribution >= 0.6 is 0 Å². The van der Waals surface area contributed by atoms with Crippen molar-refractivity contribution in [1.82, 2.24) is 9.80 Å². The molecule has 0 aromatic carbocycles. The zero-order chi connectivity index (χ0) is 44.4. The maximum atomic E-state index is 13.5. The molecule has 1 N–H and O–H groups in total. The lowest BCUT2D eigenvalue weighted by Crippen LogP contribution is -2.44. The van der Waals surface area contributed by atoms with Crippen LogP contribution in [0, 0.1) is 17.8 Å². The molecule has 1 saturated carbocycles. The van der Waals surface area contributed by atoms with Crippen molar-refractivity contribution >= 4 is 11.9 Å². The van der Waals surface area contributed by atoms with Crippen LogP contribution in [0.25, 0.3) is 0 Å². The summed E-state index contributed by atoms with van der Waals surface area (Å²) in [6.07, 6.45) is 43.3. The minimum atomic E-state index is -0.0561. The second kappa shape index (κ2) is 42.8. The summed E-state index contributed by atoms with van der Waals surface area (Å²) in [5.74, 6) is 0.737. The fraction of sp³-hybridized carbons (Fsp3) is 0.963. The van der Waals surface area contributed by atoms with Gasteiger partial charge in [-0.15, -0.1) is 0 Å². The zero-order valence-corrected chi connectivity index (χ0v) is 41.7. The molecule has 0 bridgehead atoms. The average Bonchev–Trinajstić information content (AvgIpc) is 3.23. The highest BCUT2D eigenvalue weighted by atomic mass is 16.5. The van der Waals surface area contributed by atoms with Gasteiger partial charge in [0.1, 0.15) is 0 Å². The molecule has 1 aliphatic carbocycles. The van der Waals surface area contributed by atoms with Gasteiger partial charge in [0.15, 0.2) is 0 Å². The number of nitrogens with zero attached hydrogens (tertiary/aromatic N) is 2. The fourth-order valence-electron chi connectivity index (χ4n) is 9.33. The molecule has 0 saturated heterocycles. The van der Waals surface area contributed by atoms with E-state index >= 15 is 0 Å². The molecule has 0 unspecified atom stereocenters. The number of hydrogen-bond acceptors (Lipinski definition) is 7. The summed E-state index contributed by atoms with van der Waals surface area (Å²) in [6.45, 7) is 13.8. The van der Waals surface area contributed by atoms with E-state index in [2.05, 4.69) is 44.5 Å². The van der Waals surface area contributed by atoms with Crippen LogP contribution in [0.4, 0.5) is 0 Å². The summed E-state index contributed by atoms with van der Waals surface area (Å²) in [7, 11) is 2.10. The minimum Gasteiger partial charge on any atom is -0.465 e. The van der Waals surface area contributed by atoms with E-state index in [1.165, 1.54) is 173 Å². The molecule has 7 heteroatoms. The van der Waals surface area contributed by atoms with Crippen molar-refractivity contribution in [2.45, 2.75) is 265 Å². The van der Waals surface area contributed by atoms with Crippen molar-refractivity contribution in [2.75, 3.05) is 53.0 Å². The van der Waals surface area contributed by atoms with Gasteiger partial charge in [-0.1, -0.05) is 195 Å². The number of aliphatic hydroxyl groups excluding tert-OH is 1. The van der Waals surface area contributed by atoms with Crippen molar-refractivity contribution in [3.8, 4) is 0 Å². The Morgan fingerprint density at radius 2 is 0.836 bits per heavy atom. The van der Waals surface area contributed by atoms with Gasteiger partial charge in [0.25, 0.3) is 0 Å². The molecule has 362 valence electrons. The molecule has 0 atom stereocenters. The number of likely N-dealkylation sites (N-methyl/N-ethyl adjacent to an activating group) is 1. The van der Waals surface area contributed by atoms with Crippen molar-refractivity contribution in [3.63, 3.8) is 0 Å². The number of hydrogen-bond donors (Lipinski definition) is 1. The Bertz CT molecular complexity index is 874. The van der Waals surface area contributed by atoms with Crippen molar-refractivity contribution < 1.29 is 24.2 Å². The summed E-state index contributed by atoms with van der Waals surface area (Å²) in [5.41, 5.74) is 0. The Hall–Kier alpha value is -1.18. The van der Waals surface area contributed by atoms with E-state index in [-0.39, 0.29) is 24.5 Å². The van der Waals surface area contributed by atoms with Crippen LogP contribution in [-0.4, -0.2) is 85.9 Å². The molecule has 0 spiro atoms. The van der Waals surface area contributed by atoms with Crippen LogP contribution in [0.15, 0.2) is 0 Å². The highest BCUT2D eigenvalue weighted by Gasteiger charge is 2.25. The van der Waals surface area contributed by atoms with E-state index in [9.17, 15) is 14.7 Å². The second-order valence-corrected chi connectivity index (χ2v) is 19.7. The quantitative estimate of drug-likeness (QED) is 0.0482. The van der Waals surface area contributed by atoms with Crippen molar-refractivity contribution in [2.24, 2.45) is 17.8 Å². The van der Waals surface area contributed by atoms with Crippen LogP contribution in [0.2, 0.25) is 0 Å². The highest BCUT2D eigenvalue weighted by molar-refractivity contribution is 5.70. The first-order chi connectivity index (χ1) is 29.9. The highest BCUT2D eigenvalue weighted by Crippen LogP contribution is 2.27. The van der Waals surface area contributed by atoms with Gasteiger partial charge in [-0.3, -0.25) is 14.5 Å². The molecule has 0 radical (unpaired) electrons. The van der Waals surface area contributed by atoms with Crippen LogP contribution in [0.1, 0.15) is 259 Å². The predicted molar refractivity (Wildman–Crippen MR) is 261 cm³/mol. The number of unbranched alkanes of at least 4 members (excludes halogenated alkanes) is 21. The molecule has 7 nitrogen and oxygen atoms in total. The van der Waals surface area contributed by atoms with E-state index in [1.807, 2.05) is 0 Å². The lowest BCUT2D eigenvalue weighted by atomic mass is 9.91. The van der Waals surface area contributed by atoms with Crippen molar-refractivity contribution in [1.29, 1.82) is 0 Å². The molecule has 0 heterocycles. The maximum absolute atomic E-state index is 13.5. The zero-order valence-electron chi connectivity index (χ0n) is 41.7. The van der Waals surface area contributed by atoms with Gasteiger partial charge in [0.05, 0.1) is 19.8 Å². The Morgan fingerprint density at radius 1 is 0.475 bits per heavy atom. The number of esters is 2. The largest absolute Gasteiger partial charge is 0.465 e. The maximum Gasteiger partial charge on any atom is 0.306 e. The van der Waals surface area contributed by atoms with Crippen LogP contribution in [0.3, 0.4) is 0 Å². The molecule has 1 fully saturated rings. The van der Waals surface area contributed by atoms with E-state index < -0.39 is 0 Å². The molecular weight excluding hydrogens is 757 g/mol. The van der Waals surface area contributed by atoms with Gasteiger partial charge in [0, 0.05) is 44.4 Å². The summed E-state index contributed by atoms with van der Waals surface area (Å²) in [5, 5.41) is 9.39. The lowest BCUT2D eigenvalue weighted by Gasteiger charge is -2.38. The van der Waals surface area contributed by atoms with Crippen LogP contribution in [0.5, 0.6) is 0 Å². The lowest BCUT2D eigenvalue weighted by molar-refractivity contribution is -0.150. The summed E-state index contributed by atoms with van der Waals surface area (Å²) in [4.78, 5) is 31.9. The average molecular weight is 863 g/mol. The van der Waals surface area contributed by atoms with Gasteiger partial charge in [-0.05, 0) is 76.8 Å².